The molecular formula is C15H24BrNO2. The van der Waals surface area contributed by atoms with Gasteiger partial charge in [0, 0.05) is 26.8 Å². The van der Waals surface area contributed by atoms with E-state index in [9.17, 15) is 0 Å². The molecule has 0 saturated carbocycles. The zero-order valence-corrected chi connectivity index (χ0v) is 13.8. The fourth-order valence-electron chi connectivity index (χ4n) is 1.83. The lowest BCUT2D eigenvalue weighted by atomic mass is 9.89. The molecule has 1 aromatic rings. The molecule has 3 nitrogen and oxygen atoms in total. The molecule has 4 heteroatoms. The molecule has 0 atom stereocenters. The Morgan fingerprint density at radius 3 is 2.58 bits per heavy atom. The van der Waals surface area contributed by atoms with Gasteiger partial charge in [-0.15, -0.1) is 0 Å². The number of nitrogens with one attached hydrogen (secondary N) is 1. The van der Waals surface area contributed by atoms with E-state index in [4.69, 9.17) is 9.47 Å². The highest BCUT2D eigenvalue weighted by Gasteiger charge is 2.16. The van der Waals surface area contributed by atoms with Gasteiger partial charge in [-0.05, 0) is 45.5 Å². The second-order valence-corrected chi connectivity index (χ2v) is 6.33. The maximum absolute atomic E-state index is 5.22. The standard InChI is InChI=1S/C15H24BrNO2/c1-15(2,7-8-18-3)11-17-10-12-5-6-14(19-4)13(16)9-12/h5-6,9,17H,7-8,10-11H2,1-4H3. The first kappa shape index (κ1) is 16.5. The van der Waals surface area contributed by atoms with Crippen LogP contribution in [0.1, 0.15) is 25.8 Å². The lowest BCUT2D eigenvalue weighted by Gasteiger charge is -2.24. The van der Waals surface area contributed by atoms with Gasteiger partial charge in [0.15, 0.2) is 0 Å². The molecule has 0 radical (unpaired) electrons. The highest BCUT2D eigenvalue weighted by molar-refractivity contribution is 9.10. The molecule has 1 rings (SSSR count). The molecule has 0 fully saturated rings. The Morgan fingerprint density at radius 1 is 1.26 bits per heavy atom. The Kier molecular flexibility index (Phi) is 6.83. The van der Waals surface area contributed by atoms with Gasteiger partial charge in [0.2, 0.25) is 0 Å². The molecule has 0 spiro atoms. The SMILES string of the molecule is COCCC(C)(C)CNCc1ccc(OC)c(Br)c1. The minimum Gasteiger partial charge on any atom is -0.496 e. The summed E-state index contributed by atoms with van der Waals surface area (Å²) in [4.78, 5) is 0. The first-order valence-electron chi connectivity index (χ1n) is 6.50. The van der Waals surface area contributed by atoms with Gasteiger partial charge >= 0.3 is 0 Å². The van der Waals surface area contributed by atoms with Gasteiger partial charge in [0.25, 0.3) is 0 Å². The van der Waals surface area contributed by atoms with Gasteiger partial charge in [-0.2, -0.15) is 0 Å². The lowest BCUT2D eigenvalue weighted by Crippen LogP contribution is -2.30. The first-order valence-corrected chi connectivity index (χ1v) is 7.30. The summed E-state index contributed by atoms with van der Waals surface area (Å²) in [6, 6.07) is 6.16. The monoisotopic (exact) mass is 329 g/mol. The van der Waals surface area contributed by atoms with Crippen molar-refractivity contribution in [3.63, 3.8) is 0 Å². The van der Waals surface area contributed by atoms with E-state index in [2.05, 4.69) is 47.2 Å². The number of benzene rings is 1. The van der Waals surface area contributed by atoms with E-state index < -0.39 is 0 Å². The summed E-state index contributed by atoms with van der Waals surface area (Å²) in [6.07, 6.45) is 1.06. The molecule has 0 aromatic heterocycles. The predicted molar refractivity (Wildman–Crippen MR) is 82.7 cm³/mol. The van der Waals surface area contributed by atoms with Crippen LogP contribution in [-0.4, -0.2) is 27.4 Å². The summed E-state index contributed by atoms with van der Waals surface area (Å²) in [7, 11) is 3.43. The number of ether oxygens (including phenoxy) is 2. The number of hydrogen-bond acceptors (Lipinski definition) is 3. The zero-order valence-electron chi connectivity index (χ0n) is 12.3. The van der Waals surface area contributed by atoms with Crippen molar-refractivity contribution in [2.24, 2.45) is 5.41 Å². The van der Waals surface area contributed by atoms with Gasteiger partial charge < -0.3 is 14.8 Å². The van der Waals surface area contributed by atoms with E-state index in [0.29, 0.717) is 0 Å². The van der Waals surface area contributed by atoms with Gasteiger partial charge in [-0.25, -0.2) is 0 Å². The Bertz CT molecular complexity index is 394. The molecular weight excluding hydrogens is 306 g/mol. The summed E-state index contributed by atoms with van der Waals surface area (Å²) in [5.41, 5.74) is 1.50. The highest BCUT2D eigenvalue weighted by atomic mass is 79.9. The van der Waals surface area contributed by atoms with Crippen LogP contribution in [0.2, 0.25) is 0 Å². The number of rotatable bonds is 8. The van der Waals surface area contributed by atoms with Crippen LogP contribution in [-0.2, 0) is 11.3 Å². The van der Waals surface area contributed by atoms with Crippen LogP contribution in [0.5, 0.6) is 5.75 Å². The Morgan fingerprint density at radius 2 is 2.00 bits per heavy atom. The van der Waals surface area contributed by atoms with Gasteiger partial charge in [-0.1, -0.05) is 19.9 Å². The predicted octanol–water partition coefficient (Wildman–Crippen LogP) is 3.61. The third-order valence-electron chi connectivity index (χ3n) is 3.13. The van der Waals surface area contributed by atoms with Crippen molar-refractivity contribution < 1.29 is 9.47 Å². The Labute approximate surface area is 124 Å². The van der Waals surface area contributed by atoms with E-state index in [1.807, 2.05) is 6.07 Å². The molecule has 108 valence electrons. The van der Waals surface area contributed by atoms with Crippen molar-refractivity contribution >= 4 is 15.9 Å². The topological polar surface area (TPSA) is 30.5 Å². The molecule has 0 saturated heterocycles. The van der Waals surface area contributed by atoms with Crippen molar-refractivity contribution in [3.8, 4) is 5.75 Å². The van der Waals surface area contributed by atoms with Crippen molar-refractivity contribution in [1.82, 2.24) is 5.32 Å². The smallest absolute Gasteiger partial charge is 0.133 e. The van der Waals surface area contributed by atoms with Crippen LogP contribution >= 0.6 is 15.9 Å². The molecule has 1 aromatic carbocycles. The van der Waals surface area contributed by atoms with Crippen LogP contribution in [0.4, 0.5) is 0 Å². The van der Waals surface area contributed by atoms with Crippen LogP contribution in [0.15, 0.2) is 22.7 Å². The molecule has 0 aliphatic carbocycles. The average Bonchev–Trinajstić information content (AvgIpc) is 2.36. The summed E-state index contributed by atoms with van der Waals surface area (Å²) in [5.74, 6) is 0.865. The van der Waals surface area contributed by atoms with Crippen molar-refractivity contribution in [3.05, 3.63) is 28.2 Å². The molecule has 19 heavy (non-hydrogen) atoms. The first-order chi connectivity index (χ1) is 8.98. The van der Waals surface area contributed by atoms with E-state index >= 15 is 0 Å². The van der Waals surface area contributed by atoms with Crippen LogP contribution < -0.4 is 10.1 Å². The molecule has 0 heterocycles. The highest BCUT2D eigenvalue weighted by Crippen LogP contribution is 2.25. The third kappa shape index (κ3) is 5.93. The Hall–Kier alpha value is -0.580. The average molecular weight is 330 g/mol. The number of hydrogen-bond donors (Lipinski definition) is 1. The minimum absolute atomic E-state index is 0.250. The number of methoxy groups -OCH3 is 2. The molecule has 0 amide bonds. The lowest BCUT2D eigenvalue weighted by molar-refractivity contribution is 0.150. The quantitative estimate of drug-likeness (QED) is 0.790. The molecule has 0 unspecified atom stereocenters. The second kappa shape index (κ2) is 7.88. The summed E-state index contributed by atoms with van der Waals surface area (Å²) in [6.45, 7) is 7.15. The van der Waals surface area contributed by atoms with Crippen LogP contribution in [0.25, 0.3) is 0 Å². The summed E-state index contributed by atoms with van der Waals surface area (Å²) < 4.78 is 11.4. The van der Waals surface area contributed by atoms with Crippen LogP contribution in [0, 0.1) is 5.41 Å². The fraction of sp³-hybridized carbons (Fsp3) is 0.600. The largest absolute Gasteiger partial charge is 0.496 e. The zero-order chi connectivity index (χ0) is 14.3. The van der Waals surface area contributed by atoms with Gasteiger partial charge in [-0.3, -0.25) is 0 Å². The van der Waals surface area contributed by atoms with Crippen molar-refractivity contribution in [2.45, 2.75) is 26.8 Å². The van der Waals surface area contributed by atoms with E-state index in [1.165, 1.54) is 5.56 Å². The van der Waals surface area contributed by atoms with E-state index in [1.54, 1.807) is 14.2 Å². The van der Waals surface area contributed by atoms with Crippen molar-refractivity contribution in [1.29, 1.82) is 0 Å². The second-order valence-electron chi connectivity index (χ2n) is 5.48. The molecule has 0 aliphatic heterocycles. The summed E-state index contributed by atoms with van der Waals surface area (Å²) in [5, 5.41) is 3.50. The molecule has 0 aliphatic rings. The maximum atomic E-state index is 5.22. The van der Waals surface area contributed by atoms with E-state index in [-0.39, 0.29) is 5.41 Å². The molecule has 1 N–H and O–H groups in total. The van der Waals surface area contributed by atoms with E-state index in [0.717, 1.165) is 36.3 Å². The fourth-order valence-corrected chi connectivity index (χ4v) is 2.42. The summed E-state index contributed by atoms with van der Waals surface area (Å²) >= 11 is 3.50. The van der Waals surface area contributed by atoms with Gasteiger partial charge in [0.05, 0.1) is 11.6 Å². The number of halogens is 1. The molecule has 0 bridgehead atoms. The van der Waals surface area contributed by atoms with Crippen LogP contribution in [0.3, 0.4) is 0 Å². The third-order valence-corrected chi connectivity index (χ3v) is 3.75. The maximum Gasteiger partial charge on any atom is 0.133 e. The normalized spacial score (nSPS) is 11.6. The van der Waals surface area contributed by atoms with Gasteiger partial charge in [0.1, 0.15) is 5.75 Å². The van der Waals surface area contributed by atoms with Crippen molar-refractivity contribution in [2.75, 3.05) is 27.4 Å². The Balaban J connectivity index is 2.42. The minimum atomic E-state index is 0.250.